The van der Waals surface area contributed by atoms with Gasteiger partial charge < -0.3 is 0 Å². The van der Waals surface area contributed by atoms with E-state index in [4.69, 9.17) is 0 Å². The monoisotopic (exact) mass is 322 g/mol. The topological polar surface area (TPSA) is 71.9 Å². The molecular weight excluding hydrogens is 312 g/mol. The fourth-order valence-electron chi connectivity index (χ4n) is 1.62. The largest absolute Gasteiger partial charge is 0.328 e. The summed E-state index contributed by atoms with van der Waals surface area (Å²) in [6, 6.07) is 6.87. The Kier molecular flexibility index (Phi) is 3.80. The molecule has 0 saturated carbocycles. The van der Waals surface area contributed by atoms with Crippen LogP contribution in [0.4, 0.5) is 0 Å². The molecule has 0 fully saturated rings. The molecule has 98 valence electrons. The van der Waals surface area contributed by atoms with Gasteiger partial charge in [0.2, 0.25) is 0 Å². The Balaban J connectivity index is 2.29. The summed E-state index contributed by atoms with van der Waals surface area (Å²) in [5, 5.41) is 0. The summed E-state index contributed by atoms with van der Waals surface area (Å²) in [5.74, 6) is -0.193. The van der Waals surface area contributed by atoms with E-state index in [2.05, 4.69) is 20.9 Å². The number of aromatic nitrogens is 2. The van der Waals surface area contributed by atoms with Crippen LogP contribution in [0.3, 0.4) is 0 Å². The van der Waals surface area contributed by atoms with Crippen LogP contribution in [0.1, 0.15) is 15.9 Å². The summed E-state index contributed by atoms with van der Waals surface area (Å²) in [4.78, 5) is 37.0. The number of hydrogen-bond donors (Lipinski definition) is 1. The van der Waals surface area contributed by atoms with Crippen molar-refractivity contribution in [3.05, 3.63) is 66.9 Å². The van der Waals surface area contributed by atoms with E-state index >= 15 is 0 Å². The number of Topliss-reactive ketones (excluding diaryl/α,β-unsaturated/α-hetero) is 1. The first kappa shape index (κ1) is 13.5. The van der Waals surface area contributed by atoms with Crippen LogP contribution >= 0.6 is 15.9 Å². The number of nitrogens with zero attached hydrogens (tertiary/aromatic N) is 1. The quantitative estimate of drug-likeness (QED) is 0.870. The zero-order chi connectivity index (χ0) is 14.0. The lowest BCUT2D eigenvalue weighted by molar-refractivity contribution is 0.0970. The molecule has 6 heteroatoms. The lowest BCUT2D eigenvalue weighted by Gasteiger charge is -2.05. The summed E-state index contributed by atoms with van der Waals surface area (Å²) in [7, 11) is 0. The summed E-state index contributed by atoms with van der Waals surface area (Å²) in [6.07, 6.45) is 1.39. The second-order valence-corrected chi connectivity index (χ2v) is 5.05. The Morgan fingerprint density at radius 2 is 1.89 bits per heavy atom. The molecule has 1 N–H and O–H groups in total. The zero-order valence-corrected chi connectivity index (χ0v) is 11.7. The average molecular weight is 323 g/mol. The summed E-state index contributed by atoms with van der Waals surface area (Å²) >= 11 is 3.28. The predicted molar refractivity (Wildman–Crippen MR) is 74.5 cm³/mol. The van der Waals surface area contributed by atoms with E-state index in [-0.39, 0.29) is 12.3 Å². The number of H-pyrrole nitrogens is 1. The van der Waals surface area contributed by atoms with Gasteiger partial charge >= 0.3 is 5.69 Å². The third kappa shape index (κ3) is 3.08. The highest BCUT2D eigenvalue weighted by atomic mass is 79.9. The second kappa shape index (κ2) is 5.36. The van der Waals surface area contributed by atoms with E-state index in [0.29, 0.717) is 11.1 Å². The Morgan fingerprint density at radius 1 is 1.26 bits per heavy atom. The van der Waals surface area contributed by atoms with Crippen molar-refractivity contribution >= 4 is 21.7 Å². The number of hydrogen-bond acceptors (Lipinski definition) is 3. The van der Waals surface area contributed by atoms with Gasteiger partial charge in [-0.3, -0.25) is 19.1 Å². The highest BCUT2D eigenvalue weighted by molar-refractivity contribution is 9.10. The van der Waals surface area contributed by atoms with E-state index in [9.17, 15) is 14.4 Å². The highest BCUT2D eigenvalue weighted by Crippen LogP contribution is 2.11. The highest BCUT2D eigenvalue weighted by Gasteiger charge is 2.09. The molecule has 0 aliphatic carbocycles. The zero-order valence-electron chi connectivity index (χ0n) is 10.1. The molecule has 1 heterocycles. The van der Waals surface area contributed by atoms with Crippen LogP contribution in [-0.2, 0) is 6.54 Å². The van der Waals surface area contributed by atoms with E-state index in [1.165, 1.54) is 10.8 Å². The minimum atomic E-state index is -0.582. The SMILES string of the molecule is Cc1cn(CC(=O)c2ccc(Br)cc2)c(=O)[nH]c1=O. The lowest BCUT2D eigenvalue weighted by Crippen LogP contribution is -2.32. The standard InChI is InChI=1S/C13H11BrN2O3/c1-8-6-16(13(19)15-12(8)18)7-11(17)9-2-4-10(14)5-3-9/h2-6H,7H2,1H3,(H,15,18,19). The Bertz CT molecular complexity index is 729. The van der Waals surface area contributed by atoms with Crippen molar-refractivity contribution < 1.29 is 4.79 Å². The number of rotatable bonds is 3. The number of benzene rings is 1. The van der Waals surface area contributed by atoms with Gasteiger partial charge in [-0.05, 0) is 19.1 Å². The van der Waals surface area contributed by atoms with E-state index in [1.807, 2.05) is 0 Å². The van der Waals surface area contributed by atoms with Gasteiger partial charge in [-0.2, -0.15) is 0 Å². The molecule has 1 aromatic heterocycles. The third-order valence-corrected chi connectivity index (χ3v) is 3.20. The molecule has 1 aromatic carbocycles. The van der Waals surface area contributed by atoms with Crippen molar-refractivity contribution in [3.8, 4) is 0 Å². The maximum atomic E-state index is 12.0. The summed E-state index contributed by atoms with van der Waals surface area (Å²) in [5.41, 5.74) is -0.111. The van der Waals surface area contributed by atoms with Gasteiger partial charge in [0.25, 0.3) is 5.56 Å². The van der Waals surface area contributed by atoms with Gasteiger partial charge in [-0.1, -0.05) is 28.1 Å². The van der Waals surface area contributed by atoms with Crippen molar-refractivity contribution in [3.63, 3.8) is 0 Å². The normalized spacial score (nSPS) is 10.4. The number of aromatic amines is 1. The van der Waals surface area contributed by atoms with Crippen LogP contribution in [0.2, 0.25) is 0 Å². The summed E-state index contributed by atoms with van der Waals surface area (Å²) in [6.45, 7) is 1.48. The van der Waals surface area contributed by atoms with Gasteiger partial charge in [0.15, 0.2) is 5.78 Å². The minimum Gasteiger partial charge on any atom is -0.293 e. The van der Waals surface area contributed by atoms with Crippen molar-refractivity contribution in [2.24, 2.45) is 0 Å². The molecule has 0 radical (unpaired) electrons. The molecular formula is C13H11BrN2O3. The van der Waals surface area contributed by atoms with Crippen LogP contribution in [-0.4, -0.2) is 15.3 Å². The molecule has 0 aliphatic heterocycles. The second-order valence-electron chi connectivity index (χ2n) is 4.13. The van der Waals surface area contributed by atoms with E-state index in [1.54, 1.807) is 31.2 Å². The smallest absolute Gasteiger partial charge is 0.293 e. The molecule has 19 heavy (non-hydrogen) atoms. The van der Waals surface area contributed by atoms with Crippen molar-refractivity contribution in [2.75, 3.05) is 0 Å². The van der Waals surface area contributed by atoms with Crippen molar-refractivity contribution in [1.29, 1.82) is 0 Å². The van der Waals surface area contributed by atoms with Gasteiger partial charge in [-0.15, -0.1) is 0 Å². The lowest BCUT2D eigenvalue weighted by atomic mass is 10.1. The van der Waals surface area contributed by atoms with E-state index in [0.717, 1.165) is 4.47 Å². The molecule has 0 atom stereocenters. The fraction of sp³-hybridized carbons (Fsp3) is 0.154. The number of halogens is 1. The third-order valence-electron chi connectivity index (χ3n) is 2.67. The maximum Gasteiger partial charge on any atom is 0.328 e. The van der Waals surface area contributed by atoms with Gasteiger partial charge in [0.1, 0.15) is 0 Å². The van der Waals surface area contributed by atoms with Crippen molar-refractivity contribution in [1.82, 2.24) is 9.55 Å². The summed E-state index contributed by atoms with van der Waals surface area (Å²) < 4.78 is 2.07. The van der Waals surface area contributed by atoms with Crippen LogP contribution in [0.15, 0.2) is 44.5 Å². The molecule has 5 nitrogen and oxygen atoms in total. The van der Waals surface area contributed by atoms with Crippen LogP contribution < -0.4 is 11.2 Å². The van der Waals surface area contributed by atoms with Crippen molar-refractivity contribution in [2.45, 2.75) is 13.5 Å². The van der Waals surface area contributed by atoms with E-state index < -0.39 is 11.2 Å². The molecule has 0 amide bonds. The molecule has 0 unspecified atom stereocenters. The Labute approximate surface area is 117 Å². The molecule has 0 aliphatic rings. The first-order chi connectivity index (χ1) is 8.97. The maximum absolute atomic E-state index is 12.0. The van der Waals surface area contributed by atoms with Gasteiger partial charge in [0.05, 0.1) is 6.54 Å². The Morgan fingerprint density at radius 3 is 2.53 bits per heavy atom. The molecule has 2 rings (SSSR count). The molecule has 2 aromatic rings. The number of ketones is 1. The predicted octanol–water partition coefficient (Wildman–Crippen LogP) is 1.49. The molecule has 0 saturated heterocycles. The molecule has 0 spiro atoms. The fourth-order valence-corrected chi connectivity index (χ4v) is 1.88. The van der Waals surface area contributed by atoms with Gasteiger partial charge in [-0.25, -0.2) is 4.79 Å². The average Bonchev–Trinajstić information content (AvgIpc) is 2.36. The minimum absolute atomic E-state index is 0.0991. The number of carbonyl (C=O) groups excluding carboxylic acids is 1. The van der Waals surface area contributed by atoms with Crippen LogP contribution in [0.25, 0.3) is 0 Å². The van der Waals surface area contributed by atoms with Crippen LogP contribution in [0, 0.1) is 6.92 Å². The number of nitrogens with one attached hydrogen (secondary N) is 1. The first-order valence-electron chi connectivity index (χ1n) is 5.56. The van der Waals surface area contributed by atoms with Gasteiger partial charge in [0, 0.05) is 21.8 Å². The Hall–Kier alpha value is -1.95. The molecule has 0 bridgehead atoms. The first-order valence-corrected chi connectivity index (χ1v) is 6.36. The number of carbonyl (C=O) groups is 1. The number of aryl methyl sites for hydroxylation is 1. The van der Waals surface area contributed by atoms with Crippen LogP contribution in [0.5, 0.6) is 0 Å².